The summed E-state index contributed by atoms with van der Waals surface area (Å²) in [6.07, 6.45) is 0. The molecule has 0 aliphatic rings. The molecule has 0 spiro atoms. The zero-order valence-electron chi connectivity index (χ0n) is 12.0. The minimum absolute atomic E-state index is 0.484. The maximum absolute atomic E-state index is 5.49. The Balaban J connectivity index is 2.68. The Kier molecular flexibility index (Phi) is 3.99. The van der Waals surface area contributed by atoms with Crippen molar-refractivity contribution < 1.29 is 4.74 Å². The number of rotatable bonds is 3. The molecule has 0 fully saturated rings. The molecule has 1 aromatic carbocycles. The van der Waals surface area contributed by atoms with Crippen molar-refractivity contribution >= 4 is 15.9 Å². The summed E-state index contributed by atoms with van der Waals surface area (Å²) in [4.78, 5) is 4.46. The van der Waals surface area contributed by atoms with Crippen LogP contribution in [0.1, 0.15) is 31.2 Å². The molecule has 0 saturated carbocycles. The van der Waals surface area contributed by atoms with E-state index < -0.39 is 0 Å². The van der Waals surface area contributed by atoms with Gasteiger partial charge in [0.1, 0.15) is 16.2 Å². The summed E-state index contributed by atoms with van der Waals surface area (Å²) in [5, 5.41) is 0. The third kappa shape index (κ3) is 2.54. The van der Waals surface area contributed by atoms with E-state index >= 15 is 0 Å². The van der Waals surface area contributed by atoms with E-state index in [1.165, 1.54) is 5.56 Å². The molecule has 0 bridgehead atoms. The van der Waals surface area contributed by atoms with Gasteiger partial charge >= 0.3 is 0 Å². The predicted molar refractivity (Wildman–Crippen MR) is 81.7 cm³/mol. The van der Waals surface area contributed by atoms with Gasteiger partial charge in [-0.2, -0.15) is 0 Å². The number of imidazole rings is 1. The number of nitrogens with zero attached hydrogens (tertiary/aromatic N) is 2. The molecule has 0 N–H and O–H groups in total. The van der Waals surface area contributed by atoms with E-state index in [1.807, 2.05) is 20.0 Å². The number of aryl methyl sites for hydroxylation is 1. The number of aromatic nitrogens is 2. The minimum Gasteiger partial charge on any atom is -0.496 e. The second kappa shape index (κ2) is 5.37. The first kappa shape index (κ1) is 14.1. The fourth-order valence-electron chi connectivity index (χ4n) is 2.13. The highest BCUT2D eigenvalue weighted by Gasteiger charge is 2.17. The van der Waals surface area contributed by atoms with Gasteiger partial charge in [-0.15, -0.1) is 0 Å². The normalized spacial score (nSPS) is 11.1. The maximum Gasteiger partial charge on any atom is 0.132 e. The molecule has 0 saturated heterocycles. The molecule has 0 atom stereocenters. The smallest absolute Gasteiger partial charge is 0.132 e. The molecule has 0 unspecified atom stereocenters. The van der Waals surface area contributed by atoms with Crippen molar-refractivity contribution in [2.75, 3.05) is 7.11 Å². The first-order chi connectivity index (χ1) is 8.95. The lowest BCUT2D eigenvalue weighted by Gasteiger charge is -2.14. The number of methoxy groups -OCH3 is 1. The largest absolute Gasteiger partial charge is 0.496 e. The molecular weight excluding hydrogens is 304 g/mol. The fraction of sp³-hybridized carbons (Fsp3) is 0.400. The quantitative estimate of drug-likeness (QED) is 0.842. The van der Waals surface area contributed by atoms with Crippen LogP contribution < -0.4 is 4.74 Å². The Morgan fingerprint density at radius 2 is 2.00 bits per heavy atom. The molecule has 19 heavy (non-hydrogen) atoms. The lowest BCUT2D eigenvalue weighted by atomic mass is 9.99. The van der Waals surface area contributed by atoms with Crippen LogP contribution >= 0.6 is 15.9 Å². The van der Waals surface area contributed by atoms with E-state index in [2.05, 4.69) is 51.5 Å². The van der Waals surface area contributed by atoms with Crippen molar-refractivity contribution in [3.8, 4) is 17.0 Å². The average Bonchev–Trinajstić information content (AvgIpc) is 2.62. The zero-order valence-corrected chi connectivity index (χ0v) is 13.6. The molecule has 4 heteroatoms. The van der Waals surface area contributed by atoms with Crippen molar-refractivity contribution in [1.82, 2.24) is 9.55 Å². The first-order valence-electron chi connectivity index (χ1n) is 6.32. The first-order valence-corrected chi connectivity index (χ1v) is 7.12. The number of hydrogen-bond acceptors (Lipinski definition) is 2. The van der Waals surface area contributed by atoms with Gasteiger partial charge in [-0.3, -0.25) is 0 Å². The molecule has 0 amide bonds. The van der Waals surface area contributed by atoms with Gasteiger partial charge in [-0.1, -0.05) is 19.9 Å². The molecule has 0 aliphatic carbocycles. The van der Waals surface area contributed by atoms with Crippen LogP contribution in [0.5, 0.6) is 5.75 Å². The Hall–Kier alpha value is -1.29. The number of benzene rings is 1. The summed E-state index contributed by atoms with van der Waals surface area (Å²) in [6, 6.07) is 6.33. The third-order valence-electron chi connectivity index (χ3n) is 3.42. The molecule has 1 heterocycles. The van der Waals surface area contributed by atoms with Crippen LogP contribution in [0.25, 0.3) is 11.3 Å². The van der Waals surface area contributed by atoms with Crippen molar-refractivity contribution in [3.63, 3.8) is 0 Å². The SMILES string of the molecule is COc1ccc(C(C)C)cc1-c1c(Br)nc(C)n1C. The Labute approximate surface area is 122 Å². The van der Waals surface area contributed by atoms with Crippen LogP contribution in [0.3, 0.4) is 0 Å². The minimum atomic E-state index is 0.484. The molecule has 1 aromatic heterocycles. The van der Waals surface area contributed by atoms with E-state index in [1.54, 1.807) is 7.11 Å². The van der Waals surface area contributed by atoms with Gasteiger partial charge in [0.05, 0.1) is 12.8 Å². The van der Waals surface area contributed by atoms with E-state index in [0.29, 0.717) is 5.92 Å². The lowest BCUT2D eigenvalue weighted by Crippen LogP contribution is -1.98. The van der Waals surface area contributed by atoms with Crippen LogP contribution in [0.4, 0.5) is 0 Å². The van der Waals surface area contributed by atoms with Crippen LogP contribution in [-0.2, 0) is 7.05 Å². The molecule has 0 radical (unpaired) electrons. The summed E-state index contributed by atoms with van der Waals surface area (Å²) in [7, 11) is 3.72. The van der Waals surface area contributed by atoms with Crippen LogP contribution in [-0.4, -0.2) is 16.7 Å². The number of hydrogen-bond donors (Lipinski definition) is 0. The molecular formula is C15H19BrN2O. The van der Waals surface area contributed by atoms with Gasteiger partial charge in [0.25, 0.3) is 0 Å². The third-order valence-corrected chi connectivity index (χ3v) is 3.97. The summed E-state index contributed by atoms with van der Waals surface area (Å²) in [5.74, 6) is 2.32. The lowest BCUT2D eigenvalue weighted by molar-refractivity contribution is 0.416. The fourth-order valence-corrected chi connectivity index (χ4v) is 2.87. The highest BCUT2D eigenvalue weighted by Crippen LogP contribution is 2.36. The molecule has 2 rings (SSSR count). The Morgan fingerprint density at radius 3 is 2.47 bits per heavy atom. The molecule has 3 nitrogen and oxygen atoms in total. The second-order valence-electron chi connectivity index (χ2n) is 4.97. The number of halogens is 1. The highest BCUT2D eigenvalue weighted by molar-refractivity contribution is 9.10. The Morgan fingerprint density at radius 1 is 1.32 bits per heavy atom. The zero-order chi connectivity index (χ0) is 14.2. The van der Waals surface area contributed by atoms with E-state index in [9.17, 15) is 0 Å². The van der Waals surface area contributed by atoms with Crippen molar-refractivity contribution in [3.05, 3.63) is 34.2 Å². The molecule has 0 aliphatic heterocycles. The summed E-state index contributed by atoms with van der Waals surface area (Å²) in [5.41, 5.74) is 3.42. The van der Waals surface area contributed by atoms with Crippen molar-refractivity contribution in [1.29, 1.82) is 0 Å². The van der Waals surface area contributed by atoms with Gasteiger partial charge in [-0.25, -0.2) is 4.98 Å². The highest BCUT2D eigenvalue weighted by atomic mass is 79.9. The number of ether oxygens (including phenoxy) is 1. The standard InChI is InChI=1S/C15H19BrN2O/c1-9(2)11-6-7-13(19-5)12(8-11)14-15(16)17-10(3)18(14)4/h6-9H,1-5H3. The van der Waals surface area contributed by atoms with Crippen molar-refractivity contribution in [2.24, 2.45) is 7.05 Å². The van der Waals surface area contributed by atoms with Crippen LogP contribution in [0.15, 0.2) is 22.8 Å². The van der Waals surface area contributed by atoms with Crippen LogP contribution in [0.2, 0.25) is 0 Å². The topological polar surface area (TPSA) is 27.1 Å². The summed E-state index contributed by atoms with van der Waals surface area (Å²) < 4.78 is 8.42. The van der Waals surface area contributed by atoms with Crippen molar-refractivity contribution in [2.45, 2.75) is 26.7 Å². The van der Waals surface area contributed by atoms with Gasteiger partial charge < -0.3 is 9.30 Å². The summed E-state index contributed by atoms with van der Waals surface area (Å²) >= 11 is 3.54. The Bertz CT molecular complexity index is 602. The predicted octanol–water partition coefficient (Wildman–Crippen LogP) is 4.29. The van der Waals surface area contributed by atoms with E-state index in [-0.39, 0.29) is 0 Å². The van der Waals surface area contributed by atoms with Gasteiger partial charge in [0.2, 0.25) is 0 Å². The molecule has 102 valence electrons. The van der Waals surface area contributed by atoms with E-state index in [0.717, 1.165) is 27.4 Å². The maximum atomic E-state index is 5.49. The molecule has 2 aromatic rings. The van der Waals surface area contributed by atoms with Crippen LogP contribution in [0, 0.1) is 6.92 Å². The second-order valence-corrected chi connectivity index (χ2v) is 5.72. The van der Waals surface area contributed by atoms with E-state index in [4.69, 9.17) is 4.74 Å². The monoisotopic (exact) mass is 322 g/mol. The summed E-state index contributed by atoms with van der Waals surface area (Å²) in [6.45, 7) is 6.37. The van der Waals surface area contributed by atoms with Gasteiger partial charge in [0.15, 0.2) is 0 Å². The average molecular weight is 323 g/mol. The van der Waals surface area contributed by atoms with Gasteiger partial charge in [-0.05, 0) is 46.5 Å². The van der Waals surface area contributed by atoms with Gasteiger partial charge in [0, 0.05) is 12.6 Å².